The van der Waals surface area contributed by atoms with Crippen LogP contribution in [0, 0.1) is 5.92 Å². The number of hydrogen-bond acceptors (Lipinski definition) is 5. The molecule has 2 aliphatic rings. The molecule has 8 nitrogen and oxygen atoms in total. The second-order valence-corrected chi connectivity index (χ2v) is 8.74. The first-order chi connectivity index (χ1) is 13.9. The Morgan fingerprint density at radius 3 is 2.83 bits per heavy atom. The minimum absolute atomic E-state index is 0.0399. The van der Waals surface area contributed by atoms with Gasteiger partial charge in [-0.2, -0.15) is 0 Å². The maximum atomic E-state index is 13.0. The number of carbonyl (C=O) groups excluding carboxylic acids is 4. The molecule has 1 aliphatic carbocycles. The molecule has 1 aliphatic heterocycles. The van der Waals surface area contributed by atoms with Crippen LogP contribution in [0.15, 0.2) is 17.5 Å². The van der Waals surface area contributed by atoms with Gasteiger partial charge in [-0.05, 0) is 37.1 Å². The largest absolute Gasteiger partial charge is 0.350 e. The van der Waals surface area contributed by atoms with Crippen molar-refractivity contribution in [3.05, 3.63) is 22.4 Å². The van der Waals surface area contributed by atoms with Crippen molar-refractivity contribution in [2.24, 2.45) is 5.92 Å². The number of amides is 5. The molecule has 1 aromatic heterocycles. The highest BCUT2D eigenvalue weighted by Gasteiger charge is 2.55. The molecule has 9 heteroatoms. The summed E-state index contributed by atoms with van der Waals surface area (Å²) in [6, 6.07) is 3.31. The second kappa shape index (κ2) is 8.94. The van der Waals surface area contributed by atoms with Crippen molar-refractivity contribution in [3.8, 4) is 0 Å². The molecule has 1 saturated heterocycles. The minimum atomic E-state index is -0.884. The van der Waals surface area contributed by atoms with Gasteiger partial charge in [0.2, 0.25) is 11.8 Å². The Kier molecular flexibility index (Phi) is 6.56. The van der Waals surface area contributed by atoms with Crippen LogP contribution in [0.5, 0.6) is 0 Å². The number of urea groups is 1. The van der Waals surface area contributed by atoms with Crippen LogP contribution in [0.3, 0.4) is 0 Å². The van der Waals surface area contributed by atoms with E-state index >= 15 is 0 Å². The molecule has 0 unspecified atom stereocenters. The lowest BCUT2D eigenvalue weighted by Crippen LogP contribution is -2.54. The highest BCUT2D eigenvalue weighted by Crippen LogP contribution is 2.38. The number of nitrogens with zero attached hydrogens (tertiary/aromatic N) is 2. The third kappa shape index (κ3) is 4.44. The fourth-order valence-electron chi connectivity index (χ4n) is 4.08. The van der Waals surface area contributed by atoms with E-state index in [4.69, 9.17) is 0 Å². The van der Waals surface area contributed by atoms with Gasteiger partial charge in [-0.3, -0.25) is 19.3 Å². The number of thiophene rings is 1. The zero-order valence-corrected chi connectivity index (χ0v) is 17.7. The molecule has 0 aromatic carbocycles. The number of hydrogen-bond donors (Lipinski definition) is 2. The first-order valence-electron chi connectivity index (χ1n) is 10.1. The number of carbonyl (C=O) groups is 4. The fourth-order valence-corrected chi connectivity index (χ4v) is 4.72. The van der Waals surface area contributed by atoms with Crippen LogP contribution in [0.4, 0.5) is 4.79 Å². The molecule has 0 radical (unpaired) electrons. The van der Waals surface area contributed by atoms with E-state index in [1.54, 1.807) is 18.3 Å². The number of rotatable bonds is 7. The van der Waals surface area contributed by atoms with Gasteiger partial charge in [-0.1, -0.05) is 25.8 Å². The highest BCUT2D eigenvalue weighted by molar-refractivity contribution is 7.09. The molecule has 1 saturated carbocycles. The molecule has 2 atom stereocenters. The molecular formula is C20H28N4O4S. The molecule has 0 bridgehead atoms. The zero-order chi connectivity index (χ0) is 21.0. The summed E-state index contributed by atoms with van der Waals surface area (Å²) in [4.78, 5) is 53.8. The Morgan fingerprint density at radius 2 is 2.17 bits per heavy atom. The average molecular weight is 421 g/mol. The maximum Gasteiger partial charge on any atom is 0.325 e. The van der Waals surface area contributed by atoms with Gasteiger partial charge in [-0.15, -0.1) is 11.3 Å². The van der Waals surface area contributed by atoms with Gasteiger partial charge in [0.25, 0.3) is 5.91 Å². The summed E-state index contributed by atoms with van der Waals surface area (Å²) in [6.45, 7) is 4.02. The topological polar surface area (TPSA) is 98.8 Å². The lowest BCUT2D eigenvalue weighted by atomic mass is 9.73. The van der Waals surface area contributed by atoms with Gasteiger partial charge in [0, 0.05) is 11.4 Å². The smallest absolute Gasteiger partial charge is 0.325 e. The summed E-state index contributed by atoms with van der Waals surface area (Å²) in [5.74, 6) is -0.967. The summed E-state index contributed by atoms with van der Waals surface area (Å²) in [7, 11) is 0. The number of imide groups is 1. The summed E-state index contributed by atoms with van der Waals surface area (Å²) in [5, 5.41) is 7.56. The third-order valence-corrected chi connectivity index (χ3v) is 6.78. The quantitative estimate of drug-likeness (QED) is 0.656. The van der Waals surface area contributed by atoms with Gasteiger partial charge in [-0.25, -0.2) is 4.79 Å². The van der Waals surface area contributed by atoms with Crippen molar-refractivity contribution in [3.63, 3.8) is 0 Å². The Labute approximate surface area is 174 Å². The SMILES string of the molecule is CCN(CC(=O)NCc1cccs1)C(=O)CN1C(=O)N[C@]2(CCCC[C@@H]2C)C1=O. The van der Waals surface area contributed by atoms with Crippen molar-refractivity contribution >= 4 is 35.1 Å². The Bertz CT molecular complexity index is 781. The van der Waals surface area contributed by atoms with E-state index < -0.39 is 17.5 Å². The average Bonchev–Trinajstić information content (AvgIpc) is 3.30. The van der Waals surface area contributed by atoms with E-state index in [1.165, 1.54) is 4.90 Å². The van der Waals surface area contributed by atoms with Crippen LogP contribution in [-0.4, -0.2) is 58.7 Å². The van der Waals surface area contributed by atoms with Crippen molar-refractivity contribution in [1.82, 2.24) is 20.4 Å². The lowest BCUT2D eigenvalue weighted by Gasteiger charge is -2.36. The van der Waals surface area contributed by atoms with E-state index in [0.29, 0.717) is 19.5 Å². The Hall–Kier alpha value is -2.42. The van der Waals surface area contributed by atoms with Crippen LogP contribution in [0.2, 0.25) is 0 Å². The first kappa shape index (κ1) is 21.3. The molecule has 2 N–H and O–H groups in total. The lowest BCUT2D eigenvalue weighted by molar-refractivity contribution is -0.141. The van der Waals surface area contributed by atoms with Gasteiger partial charge in [0.1, 0.15) is 12.1 Å². The van der Waals surface area contributed by atoms with Crippen molar-refractivity contribution in [2.75, 3.05) is 19.6 Å². The molecule has 2 heterocycles. The van der Waals surface area contributed by atoms with Crippen molar-refractivity contribution < 1.29 is 19.2 Å². The van der Waals surface area contributed by atoms with Gasteiger partial charge >= 0.3 is 6.03 Å². The fraction of sp³-hybridized carbons (Fsp3) is 0.600. The van der Waals surface area contributed by atoms with Crippen molar-refractivity contribution in [1.29, 1.82) is 0 Å². The maximum absolute atomic E-state index is 13.0. The van der Waals surface area contributed by atoms with E-state index in [2.05, 4.69) is 10.6 Å². The Morgan fingerprint density at radius 1 is 1.38 bits per heavy atom. The van der Waals surface area contributed by atoms with E-state index in [0.717, 1.165) is 29.0 Å². The van der Waals surface area contributed by atoms with Crippen LogP contribution >= 0.6 is 11.3 Å². The van der Waals surface area contributed by atoms with Crippen molar-refractivity contribution in [2.45, 2.75) is 51.6 Å². The zero-order valence-electron chi connectivity index (χ0n) is 16.9. The number of nitrogens with one attached hydrogen (secondary N) is 2. The molecule has 2 fully saturated rings. The van der Waals surface area contributed by atoms with Gasteiger partial charge in [0.15, 0.2) is 0 Å². The summed E-state index contributed by atoms with van der Waals surface area (Å²) < 4.78 is 0. The Balaban J connectivity index is 1.58. The molecule has 3 rings (SSSR count). The minimum Gasteiger partial charge on any atom is -0.350 e. The first-order valence-corrected chi connectivity index (χ1v) is 11.0. The monoisotopic (exact) mass is 420 g/mol. The molecule has 1 spiro atoms. The normalized spacial score (nSPS) is 23.9. The number of likely N-dealkylation sites (N-methyl/N-ethyl adjacent to an activating group) is 1. The molecule has 5 amide bonds. The van der Waals surface area contributed by atoms with E-state index in [9.17, 15) is 19.2 Å². The van der Waals surface area contributed by atoms with Crippen LogP contribution < -0.4 is 10.6 Å². The van der Waals surface area contributed by atoms with Gasteiger partial charge < -0.3 is 15.5 Å². The summed E-state index contributed by atoms with van der Waals surface area (Å²) in [5.41, 5.74) is -0.884. The molecular weight excluding hydrogens is 392 g/mol. The molecule has 1 aromatic rings. The molecule has 29 heavy (non-hydrogen) atoms. The highest BCUT2D eigenvalue weighted by atomic mass is 32.1. The summed E-state index contributed by atoms with van der Waals surface area (Å²) in [6.07, 6.45) is 3.39. The third-order valence-electron chi connectivity index (χ3n) is 5.90. The van der Waals surface area contributed by atoms with Gasteiger partial charge in [0.05, 0.1) is 13.1 Å². The predicted molar refractivity (Wildman–Crippen MR) is 109 cm³/mol. The predicted octanol–water partition coefficient (Wildman–Crippen LogP) is 1.71. The standard InChI is InChI=1S/C20H28N4O4S/c1-3-23(12-16(25)21-11-15-8-6-10-29-15)17(26)13-24-18(27)20(22-19(24)28)9-5-4-7-14(20)2/h6,8,10,14H,3-5,7,9,11-13H2,1-2H3,(H,21,25)(H,22,28)/t14-,20-/m0/s1. The van der Waals surface area contributed by atoms with E-state index in [1.807, 2.05) is 24.4 Å². The van der Waals surface area contributed by atoms with Crippen LogP contribution in [0.1, 0.15) is 44.4 Å². The second-order valence-electron chi connectivity index (χ2n) is 7.70. The molecule has 158 valence electrons. The van der Waals surface area contributed by atoms with Crippen LogP contribution in [0.25, 0.3) is 0 Å². The van der Waals surface area contributed by atoms with Crippen LogP contribution in [-0.2, 0) is 20.9 Å². The van der Waals surface area contributed by atoms with E-state index in [-0.39, 0.29) is 30.8 Å². The summed E-state index contributed by atoms with van der Waals surface area (Å²) >= 11 is 1.54.